The van der Waals surface area contributed by atoms with Crippen molar-refractivity contribution in [2.75, 3.05) is 13.2 Å². The Morgan fingerprint density at radius 2 is 2.42 bits per heavy atom. The minimum atomic E-state index is -0.0557. The van der Waals surface area contributed by atoms with Gasteiger partial charge in [-0.2, -0.15) is 0 Å². The summed E-state index contributed by atoms with van der Waals surface area (Å²) in [5, 5.41) is 3.87. The second-order valence-electron chi connectivity index (χ2n) is 4.74. The number of hydrogen-bond donors (Lipinski definition) is 2. The van der Waals surface area contributed by atoms with E-state index < -0.39 is 0 Å². The van der Waals surface area contributed by atoms with Crippen molar-refractivity contribution < 1.29 is 9.53 Å². The zero-order valence-electron chi connectivity index (χ0n) is 10.4. The van der Waals surface area contributed by atoms with E-state index >= 15 is 0 Å². The predicted molar refractivity (Wildman–Crippen MR) is 77.3 cm³/mol. The van der Waals surface area contributed by atoms with Crippen LogP contribution in [0, 0.1) is 0 Å². The second-order valence-corrected chi connectivity index (χ2v) is 5.65. The summed E-state index contributed by atoms with van der Waals surface area (Å²) in [6.07, 6.45) is 4.03. The van der Waals surface area contributed by atoms with Gasteiger partial charge in [0.05, 0.1) is 11.7 Å². The minimum Gasteiger partial charge on any atom is -0.376 e. The van der Waals surface area contributed by atoms with Crippen LogP contribution in [0.25, 0.3) is 10.9 Å². The molecule has 1 fully saturated rings. The minimum absolute atomic E-state index is 0.0557. The molecule has 2 heterocycles. The molecule has 5 heteroatoms. The summed E-state index contributed by atoms with van der Waals surface area (Å²) in [6.45, 7) is 1.39. The number of fused-ring (bicyclic) bond motifs is 1. The number of H-pyrrole nitrogens is 1. The molecule has 1 aliphatic heterocycles. The summed E-state index contributed by atoms with van der Waals surface area (Å²) >= 11 is 3.43. The molecule has 1 aromatic carbocycles. The van der Waals surface area contributed by atoms with Crippen molar-refractivity contribution in [2.45, 2.75) is 18.9 Å². The fourth-order valence-corrected chi connectivity index (χ4v) is 2.75. The summed E-state index contributed by atoms with van der Waals surface area (Å²) in [4.78, 5) is 15.3. The van der Waals surface area contributed by atoms with Crippen molar-refractivity contribution in [3.8, 4) is 0 Å². The Bertz CT molecular complexity index is 603. The van der Waals surface area contributed by atoms with Gasteiger partial charge in [-0.3, -0.25) is 4.79 Å². The van der Waals surface area contributed by atoms with E-state index in [2.05, 4.69) is 26.2 Å². The number of rotatable bonds is 3. The van der Waals surface area contributed by atoms with E-state index in [0.29, 0.717) is 12.1 Å². The van der Waals surface area contributed by atoms with Crippen LogP contribution in [-0.2, 0) is 4.74 Å². The highest BCUT2D eigenvalue weighted by Gasteiger charge is 2.18. The first-order chi connectivity index (χ1) is 9.24. The first-order valence-electron chi connectivity index (χ1n) is 6.40. The molecule has 0 saturated carbocycles. The molecule has 1 saturated heterocycles. The molecule has 19 heavy (non-hydrogen) atoms. The molecule has 4 nitrogen and oxygen atoms in total. The van der Waals surface area contributed by atoms with Gasteiger partial charge in [-0.05, 0) is 31.0 Å². The van der Waals surface area contributed by atoms with Crippen LogP contribution in [0.3, 0.4) is 0 Å². The van der Waals surface area contributed by atoms with Crippen LogP contribution in [0.15, 0.2) is 28.9 Å². The largest absolute Gasteiger partial charge is 0.376 e. The van der Waals surface area contributed by atoms with E-state index in [-0.39, 0.29) is 12.0 Å². The highest BCUT2D eigenvalue weighted by atomic mass is 79.9. The normalized spacial score (nSPS) is 18.9. The number of carbonyl (C=O) groups is 1. The third-order valence-corrected chi connectivity index (χ3v) is 3.90. The van der Waals surface area contributed by atoms with Crippen molar-refractivity contribution in [1.82, 2.24) is 10.3 Å². The number of hydrogen-bond acceptors (Lipinski definition) is 2. The Hall–Kier alpha value is -1.33. The lowest BCUT2D eigenvalue weighted by molar-refractivity contribution is 0.0859. The van der Waals surface area contributed by atoms with Crippen LogP contribution in [0.4, 0.5) is 0 Å². The summed E-state index contributed by atoms with van der Waals surface area (Å²) in [7, 11) is 0. The first-order valence-corrected chi connectivity index (χ1v) is 7.20. The molecular weight excluding hydrogens is 308 g/mol. The van der Waals surface area contributed by atoms with Crippen molar-refractivity contribution in [3.05, 3.63) is 34.4 Å². The van der Waals surface area contributed by atoms with Crippen LogP contribution in [0.1, 0.15) is 23.2 Å². The fraction of sp³-hybridized carbons (Fsp3) is 0.357. The van der Waals surface area contributed by atoms with E-state index in [1.807, 2.05) is 18.2 Å². The predicted octanol–water partition coefficient (Wildman–Crippen LogP) is 2.84. The highest BCUT2D eigenvalue weighted by Crippen LogP contribution is 2.22. The number of ether oxygens (including phenoxy) is 1. The quantitative estimate of drug-likeness (QED) is 0.913. The summed E-state index contributed by atoms with van der Waals surface area (Å²) in [5.74, 6) is -0.0557. The smallest absolute Gasteiger partial charge is 0.253 e. The number of amides is 1. The van der Waals surface area contributed by atoms with Gasteiger partial charge < -0.3 is 15.0 Å². The fourth-order valence-electron chi connectivity index (χ4n) is 2.39. The van der Waals surface area contributed by atoms with E-state index in [1.165, 1.54) is 0 Å². The lowest BCUT2D eigenvalue weighted by Crippen LogP contribution is -2.31. The van der Waals surface area contributed by atoms with E-state index in [0.717, 1.165) is 34.8 Å². The molecule has 1 unspecified atom stereocenters. The van der Waals surface area contributed by atoms with Crippen LogP contribution in [0.5, 0.6) is 0 Å². The average Bonchev–Trinajstić information content (AvgIpc) is 3.04. The number of aromatic nitrogens is 1. The Labute approximate surface area is 119 Å². The molecule has 0 aliphatic carbocycles. The standard InChI is InChI=1S/C14H15BrN2O2/c15-9-3-4-13-11(6-9)12(8-16-13)14(18)17-7-10-2-1-5-19-10/h3-4,6,8,10,16H,1-2,5,7H2,(H,17,18). The van der Waals surface area contributed by atoms with Gasteiger partial charge in [-0.1, -0.05) is 15.9 Å². The van der Waals surface area contributed by atoms with Gasteiger partial charge in [0.25, 0.3) is 5.91 Å². The van der Waals surface area contributed by atoms with Gasteiger partial charge in [-0.15, -0.1) is 0 Å². The zero-order valence-corrected chi connectivity index (χ0v) is 12.0. The molecule has 1 aromatic heterocycles. The third-order valence-electron chi connectivity index (χ3n) is 3.40. The van der Waals surface area contributed by atoms with Crippen LogP contribution >= 0.6 is 15.9 Å². The molecule has 1 atom stereocenters. The maximum Gasteiger partial charge on any atom is 0.253 e. The van der Waals surface area contributed by atoms with Crippen LogP contribution in [-0.4, -0.2) is 30.1 Å². The lowest BCUT2D eigenvalue weighted by Gasteiger charge is -2.10. The number of benzene rings is 1. The number of nitrogens with one attached hydrogen (secondary N) is 2. The monoisotopic (exact) mass is 322 g/mol. The van der Waals surface area contributed by atoms with Crippen LogP contribution < -0.4 is 5.32 Å². The zero-order chi connectivity index (χ0) is 13.2. The van der Waals surface area contributed by atoms with Crippen molar-refractivity contribution in [3.63, 3.8) is 0 Å². The molecule has 100 valence electrons. The maximum absolute atomic E-state index is 12.2. The van der Waals surface area contributed by atoms with Crippen molar-refractivity contribution >= 4 is 32.7 Å². The Morgan fingerprint density at radius 3 is 3.21 bits per heavy atom. The maximum atomic E-state index is 12.2. The van der Waals surface area contributed by atoms with Gasteiger partial charge >= 0.3 is 0 Å². The molecule has 3 rings (SSSR count). The summed E-state index contributed by atoms with van der Waals surface area (Å²) in [6, 6.07) is 5.86. The summed E-state index contributed by atoms with van der Waals surface area (Å²) in [5.41, 5.74) is 1.64. The lowest BCUT2D eigenvalue weighted by atomic mass is 10.1. The SMILES string of the molecule is O=C(NCC1CCCO1)c1c[nH]c2ccc(Br)cc12. The van der Waals surface area contributed by atoms with Gasteiger partial charge in [0, 0.05) is 34.7 Å². The molecule has 1 aliphatic rings. The number of carbonyl (C=O) groups excluding carboxylic acids is 1. The Kier molecular flexibility index (Phi) is 3.57. The second kappa shape index (κ2) is 5.35. The Morgan fingerprint density at radius 1 is 1.53 bits per heavy atom. The molecule has 2 N–H and O–H groups in total. The number of aromatic amines is 1. The molecular formula is C14H15BrN2O2. The molecule has 1 amide bonds. The molecule has 0 radical (unpaired) electrons. The van der Waals surface area contributed by atoms with Crippen molar-refractivity contribution in [2.24, 2.45) is 0 Å². The van der Waals surface area contributed by atoms with Gasteiger partial charge in [-0.25, -0.2) is 0 Å². The first kappa shape index (κ1) is 12.7. The van der Waals surface area contributed by atoms with Gasteiger partial charge in [0.2, 0.25) is 0 Å². The average molecular weight is 323 g/mol. The third kappa shape index (κ3) is 2.67. The summed E-state index contributed by atoms with van der Waals surface area (Å²) < 4.78 is 6.46. The molecule has 0 spiro atoms. The molecule has 0 bridgehead atoms. The molecule has 2 aromatic rings. The number of halogens is 1. The van der Waals surface area contributed by atoms with E-state index in [4.69, 9.17) is 4.74 Å². The van der Waals surface area contributed by atoms with Gasteiger partial charge in [0.15, 0.2) is 0 Å². The van der Waals surface area contributed by atoms with Crippen molar-refractivity contribution in [1.29, 1.82) is 0 Å². The van der Waals surface area contributed by atoms with Gasteiger partial charge in [0.1, 0.15) is 0 Å². The Balaban J connectivity index is 1.75. The topological polar surface area (TPSA) is 54.1 Å². The van der Waals surface area contributed by atoms with E-state index in [9.17, 15) is 4.79 Å². The van der Waals surface area contributed by atoms with E-state index in [1.54, 1.807) is 6.20 Å². The van der Waals surface area contributed by atoms with Crippen LogP contribution in [0.2, 0.25) is 0 Å². The highest BCUT2D eigenvalue weighted by molar-refractivity contribution is 9.10.